The van der Waals surface area contributed by atoms with Crippen LogP contribution in [0, 0.1) is 0 Å². The molecule has 0 unspecified atom stereocenters. The predicted molar refractivity (Wildman–Crippen MR) is 106 cm³/mol. The molecule has 1 aliphatic rings. The topological polar surface area (TPSA) is 82.1 Å². The summed E-state index contributed by atoms with van der Waals surface area (Å²) in [4.78, 5) is 37.4. The molecule has 2 amide bonds. The van der Waals surface area contributed by atoms with E-state index in [-0.39, 0.29) is 24.4 Å². The number of thioether (sulfide) groups is 1. The first-order valence-corrected chi connectivity index (χ1v) is 9.93. The lowest BCUT2D eigenvalue weighted by atomic mass is 10.2. The molecule has 0 atom stereocenters. The molecule has 0 aliphatic carbocycles. The standard InChI is InChI=1S/C18H20BrNO6S/c1-4-6-20-17(22)14(27-18(20)23)9-11-7-12(19)16(13(8-11)24-3)26-10-15(21)25-5-2/h7-9H,4-6,10H2,1-3H3/b14-9+. The summed E-state index contributed by atoms with van der Waals surface area (Å²) in [5.74, 6) is -0.0563. The minimum Gasteiger partial charge on any atom is -0.493 e. The molecular weight excluding hydrogens is 438 g/mol. The monoisotopic (exact) mass is 457 g/mol. The van der Waals surface area contributed by atoms with Crippen LogP contribution < -0.4 is 9.47 Å². The van der Waals surface area contributed by atoms with Gasteiger partial charge in [-0.15, -0.1) is 0 Å². The number of imide groups is 1. The van der Waals surface area contributed by atoms with Gasteiger partial charge in [0.1, 0.15) is 0 Å². The van der Waals surface area contributed by atoms with E-state index < -0.39 is 5.97 Å². The SMILES string of the molecule is CCCN1C(=O)S/C(=C/c2cc(Br)c(OCC(=O)OCC)c(OC)c2)C1=O. The van der Waals surface area contributed by atoms with Gasteiger partial charge in [-0.25, -0.2) is 4.79 Å². The number of amides is 2. The largest absolute Gasteiger partial charge is 0.493 e. The Morgan fingerprint density at radius 3 is 2.67 bits per heavy atom. The van der Waals surface area contributed by atoms with Crippen molar-refractivity contribution in [3.8, 4) is 11.5 Å². The summed E-state index contributed by atoms with van der Waals surface area (Å²) in [6.45, 7) is 4.04. The van der Waals surface area contributed by atoms with E-state index in [4.69, 9.17) is 14.2 Å². The second kappa shape index (κ2) is 9.80. The lowest BCUT2D eigenvalue weighted by Crippen LogP contribution is -2.28. The van der Waals surface area contributed by atoms with Gasteiger partial charge in [0.15, 0.2) is 18.1 Å². The number of hydrogen-bond donors (Lipinski definition) is 0. The van der Waals surface area contributed by atoms with Gasteiger partial charge in [0.25, 0.3) is 11.1 Å². The normalized spacial score (nSPS) is 15.4. The molecule has 1 aromatic rings. The maximum Gasteiger partial charge on any atom is 0.344 e. The summed E-state index contributed by atoms with van der Waals surface area (Å²) in [5, 5.41) is -0.270. The average molecular weight is 458 g/mol. The van der Waals surface area contributed by atoms with Crippen molar-refractivity contribution in [3.05, 3.63) is 27.1 Å². The Morgan fingerprint density at radius 1 is 1.30 bits per heavy atom. The molecule has 1 saturated heterocycles. The van der Waals surface area contributed by atoms with Crippen LogP contribution >= 0.6 is 27.7 Å². The number of hydrogen-bond acceptors (Lipinski definition) is 7. The predicted octanol–water partition coefficient (Wildman–Crippen LogP) is 3.85. The van der Waals surface area contributed by atoms with Crippen molar-refractivity contribution in [2.24, 2.45) is 0 Å². The lowest BCUT2D eigenvalue weighted by molar-refractivity contribution is -0.145. The zero-order valence-electron chi connectivity index (χ0n) is 15.2. The Kier molecular flexibility index (Phi) is 7.73. The van der Waals surface area contributed by atoms with Gasteiger partial charge in [0.05, 0.1) is 23.1 Å². The zero-order chi connectivity index (χ0) is 20.0. The van der Waals surface area contributed by atoms with E-state index in [1.54, 1.807) is 25.1 Å². The van der Waals surface area contributed by atoms with Gasteiger partial charge >= 0.3 is 5.97 Å². The maximum atomic E-state index is 12.4. The molecule has 1 aliphatic heterocycles. The van der Waals surface area contributed by atoms with Gasteiger partial charge in [-0.2, -0.15) is 0 Å². The van der Waals surface area contributed by atoms with E-state index in [1.807, 2.05) is 6.92 Å². The van der Waals surface area contributed by atoms with Crippen LogP contribution in [0.15, 0.2) is 21.5 Å². The molecule has 0 radical (unpaired) electrons. The van der Waals surface area contributed by atoms with Crippen molar-refractivity contribution in [3.63, 3.8) is 0 Å². The molecule has 0 aromatic heterocycles. The molecule has 2 rings (SSSR count). The fourth-order valence-electron chi connectivity index (χ4n) is 2.36. The van der Waals surface area contributed by atoms with E-state index in [0.717, 1.165) is 11.8 Å². The number of ether oxygens (including phenoxy) is 3. The van der Waals surface area contributed by atoms with Gasteiger partial charge in [-0.3, -0.25) is 14.5 Å². The molecule has 146 valence electrons. The van der Waals surface area contributed by atoms with Gasteiger partial charge in [0, 0.05) is 6.54 Å². The summed E-state index contributed by atoms with van der Waals surface area (Å²) in [7, 11) is 1.47. The van der Waals surface area contributed by atoms with Crippen molar-refractivity contribution in [1.82, 2.24) is 4.90 Å². The third-order valence-corrected chi connectivity index (χ3v) is 5.01. The minimum atomic E-state index is -0.486. The summed E-state index contributed by atoms with van der Waals surface area (Å²) in [6, 6.07) is 3.38. The number of carbonyl (C=O) groups excluding carboxylic acids is 3. The van der Waals surface area contributed by atoms with E-state index >= 15 is 0 Å². The molecule has 0 spiro atoms. The summed E-state index contributed by atoms with van der Waals surface area (Å²) >= 11 is 4.30. The molecule has 0 saturated carbocycles. The number of carbonyl (C=O) groups is 3. The summed E-state index contributed by atoms with van der Waals surface area (Å²) in [5.41, 5.74) is 0.657. The number of methoxy groups -OCH3 is 1. The fraction of sp³-hybridized carbons (Fsp3) is 0.389. The highest BCUT2D eigenvalue weighted by atomic mass is 79.9. The maximum absolute atomic E-state index is 12.4. The van der Waals surface area contributed by atoms with E-state index in [9.17, 15) is 14.4 Å². The number of benzene rings is 1. The Balaban J connectivity index is 2.24. The Labute approximate surface area is 170 Å². The van der Waals surface area contributed by atoms with Crippen LogP contribution in [0.2, 0.25) is 0 Å². The van der Waals surface area contributed by atoms with E-state index in [0.29, 0.717) is 39.4 Å². The Morgan fingerprint density at radius 2 is 2.04 bits per heavy atom. The third-order valence-electron chi connectivity index (χ3n) is 3.51. The van der Waals surface area contributed by atoms with Crippen LogP contribution in [0.5, 0.6) is 11.5 Å². The molecule has 1 aromatic carbocycles. The molecule has 0 bridgehead atoms. The van der Waals surface area contributed by atoms with Crippen molar-refractivity contribution in [1.29, 1.82) is 0 Å². The van der Waals surface area contributed by atoms with Crippen LogP contribution in [0.1, 0.15) is 25.8 Å². The summed E-state index contributed by atoms with van der Waals surface area (Å²) in [6.07, 6.45) is 2.33. The highest BCUT2D eigenvalue weighted by Gasteiger charge is 2.34. The molecular formula is C18H20BrNO6S. The van der Waals surface area contributed by atoms with Crippen LogP contribution in [0.25, 0.3) is 6.08 Å². The molecule has 1 heterocycles. The zero-order valence-corrected chi connectivity index (χ0v) is 17.6. The van der Waals surface area contributed by atoms with Gasteiger partial charge in [0.2, 0.25) is 0 Å². The van der Waals surface area contributed by atoms with Gasteiger partial charge in [-0.1, -0.05) is 6.92 Å². The van der Waals surface area contributed by atoms with Crippen molar-refractivity contribution in [2.45, 2.75) is 20.3 Å². The average Bonchev–Trinajstić information content (AvgIpc) is 2.88. The van der Waals surface area contributed by atoms with Crippen LogP contribution in [-0.4, -0.2) is 48.9 Å². The first kappa shape index (κ1) is 21.3. The number of halogens is 1. The van der Waals surface area contributed by atoms with Crippen LogP contribution in [0.4, 0.5) is 4.79 Å². The third kappa shape index (κ3) is 5.26. The molecule has 0 N–H and O–H groups in total. The van der Waals surface area contributed by atoms with E-state index in [1.165, 1.54) is 12.0 Å². The second-order valence-corrected chi connectivity index (χ2v) is 7.31. The first-order chi connectivity index (χ1) is 12.9. The van der Waals surface area contributed by atoms with Crippen molar-refractivity contribution in [2.75, 3.05) is 26.9 Å². The lowest BCUT2D eigenvalue weighted by Gasteiger charge is -2.13. The fourth-order valence-corrected chi connectivity index (χ4v) is 3.80. The molecule has 1 fully saturated rings. The summed E-state index contributed by atoms with van der Waals surface area (Å²) < 4.78 is 16.2. The smallest absolute Gasteiger partial charge is 0.344 e. The minimum absolute atomic E-state index is 0.252. The quantitative estimate of drug-likeness (QED) is 0.432. The number of nitrogens with zero attached hydrogens (tertiary/aromatic N) is 1. The van der Waals surface area contributed by atoms with Gasteiger partial charge < -0.3 is 14.2 Å². The highest BCUT2D eigenvalue weighted by molar-refractivity contribution is 9.10. The molecule has 9 heteroatoms. The van der Waals surface area contributed by atoms with E-state index in [2.05, 4.69) is 15.9 Å². The second-order valence-electron chi connectivity index (χ2n) is 5.46. The Hall–Kier alpha value is -2.00. The Bertz CT molecular complexity index is 779. The van der Waals surface area contributed by atoms with Crippen molar-refractivity contribution >= 4 is 50.9 Å². The number of rotatable bonds is 8. The first-order valence-electron chi connectivity index (χ1n) is 8.32. The van der Waals surface area contributed by atoms with Gasteiger partial charge in [-0.05, 0) is 64.8 Å². The molecule has 7 nitrogen and oxygen atoms in total. The van der Waals surface area contributed by atoms with Crippen LogP contribution in [0.3, 0.4) is 0 Å². The highest BCUT2D eigenvalue weighted by Crippen LogP contribution is 2.39. The molecule has 27 heavy (non-hydrogen) atoms. The van der Waals surface area contributed by atoms with Crippen LogP contribution in [-0.2, 0) is 14.3 Å². The van der Waals surface area contributed by atoms with Crippen molar-refractivity contribution < 1.29 is 28.6 Å². The number of esters is 1.